The molecule has 0 amide bonds. The molecule has 0 aliphatic heterocycles. The highest BCUT2D eigenvalue weighted by molar-refractivity contribution is 9.10. The molecule has 3 nitrogen and oxygen atoms in total. The summed E-state index contributed by atoms with van der Waals surface area (Å²) in [7, 11) is -4.27. The average Bonchev–Trinajstić information content (AvgIpc) is 2.53. The summed E-state index contributed by atoms with van der Waals surface area (Å²) in [4.78, 5) is -0.567. The van der Waals surface area contributed by atoms with Crippen molar-refractivity contribution in [3.05, 3.63) is 63.9 Å². The summed E-state index contributed by atoms with van der Waals surface area (Å²) in [6.45, 7) is -0.654. The van der Waals surface area contributed by atoms with E-state index in [1.807, 2.05) is 0 Å². The Morgan fingerprint density at radius 3 is 2.23 bits per heavy atom. The van der Waals surface area contributed by atoms with Crippen LogP contribution in [0.4, 0.5) is 17.6 Å². The van der Waals surface area contributed by atoms with Crippen LogP contribution in [0, 0.1) is 18.2 Å². The molecule has 138 valence electrons. The molecule has 0 spiro atoms. The van der Waals surface area contributed by atoms with Crippen molar-refractivity contribution < 1.29 is 26.0 Å². The topological polar surface area (TPSA) is 37.4 Å². The van der Waals surface area contributed by atoms with Gasteiger partial charge in [0.25, 0.3) is 0 Å². The van der Waals surface area contributed by atoms with E-state index in [4.69, 9.17) is 6.42 Å². The van der Waals surface area contributed by atoms with Crippen LogP contribution in [0.15, 0.2) is 51.8 Å². The number of halogens is 5. The third kappa shape index (κ3) is 4.63. The van der Waals surface area contributed by atoms with Crippen LogP contribution in [-0.4, -0.2) is 19.3 Å². The van der Waals surface area contributed by atoms with Crippen molar-refractivity contribution in [2.24, 2.45) is 0 Å². The number of hydrogen-bond donors (Lipinski definition) is 0. The largest absolute Gasteiger partial charge is 0.416 e. The van der Waals surface area contributed by atoms with Crippen LogP contribution < -0.4 is 0 Å². The van der Waals surface area contributed by atoms with Crippen molar-refractivity contribution >= 4 is 26.0 Å². The summed E-state index contributed by atoms with van der Waals surface area (Å²) in [5, 5.41) is 0. The molecule has 26 heavy (non-hydrogen) atoms. The molecule has 2 rings (SSSR count). The zero-order valence-electron chi connectivity index (χ0n) is 13.1. The second-order valence-electron chi connectivity index (χ2n) is 5.25. The van der Waals surface area contributed by atoms with Gasteiger partial charge in [-0.25, -0.2) is 12.8 Å². The van der Waals surface area contributed by atoms with E-state index in [0.29, 0.717) is 4.47 Å². The number of alkyl halides is 3. The lowest BCUT2D eigenvalue weighted by molar-refractivity contribution is -0.137. The quantitative estimate of drug-likeness (QED) is 0.500. The Morgan fingerprint density at radius 1 is 1.12 bits per heavy atom. The molecule has 0 fully saturated rings. The van der Waals surface area contributed by atoms with Gasteiger partial charge in [0.2, 0.25) is 10.0 Å². The number of rotatable bonds is 5. The Morgan fingerprint density at radius 2 is 1.73 bits per heavy atom. The molecule has 0 aliphatic carbocycles. The highest BCUT2D eigenvalue weighted by atomic mass is 79.9. The Labute approximate surface area is 156 Å². The molecule has 0 bridgehead atoms. The Balaban J connectivity index is 2.35. The van der Waals surface area contributed by atoms with Gasteiger partial charge in [0.1, 0.15) is 10.7 Å². The van der Waals surface area contributed by atoms with Gasteiger partial charge < -0.3 is 0 Å². The molecule has 2 aromatic rings. The number of nitrogens with zero attached hydrogens (tertiary/aromatic N) is 1. The Kier molecular flexibility index (Phi) is 6.11. The minimum atomic E-state index is -4.50. The minimum absolute atomic E-state index is 0.286. The molecule has 0 saturated carbocycles. The predicted octanol–water partition coefficient (Wildman–Crippen LogP) is 4.43. The predicted molar refractivity (Wildman–Crippen MR) is 92.0 cm³/mol. The molecular formula is C17H12BrF4NO2S. The second kappa shape index (κ2) is 7.78. The fourth-order valence-corrected chi connectivity index (χ4v) is 3.87. The van der Waals surface area contributed by atoms with Gasteiger partial charge in [0.15, 0.2) is 0 Å². The monoisotopic (exact) mass is 449 g/mol. The first-order chi connectivity index (χ1) is 12.1. The normalized spacial score (nSPS) is 12.2. The van der Waals surface area contributed by atoms with Gasteiger partial charge in [-0.1, -0.05) is 34.0 Å². The summed E-state index contributed by atoms with van der Waals surface area (Å²) in [6, 6.07) is 7.44. The van der Waals surface area contributed by atoms with E-state index in [1.165, 1.54) is 6.07 Å². The summed E-state index contributed by atoms with van der Waals surface area (Å²) >= 11 is 3.03. The number of terminal acetylenes is 1. The van der Waals surface area contributed by atoms with Gasteiger partial charge in [0, 0.05) is 11.0 Å². The molecule has 0 unspecified atom stereocenters. The maximum absolute atomic E-state index is 14.1. The van der Waals surface area contributed by atoms with Crippen LogP contribution in [0.25, 0.3) is 0 Å². The molecule has 0 heterocycles. The van der Waals surface area contributed by atoms with Gasteiger partial charge in [0.05, 0.1) is 12.1 Å². The summed E-state index contributed by atoms with van der Waals surface area (Å²) in [5.74, 6) is 1.20. The van der Waals surface area contributed by atoms with Gasteiger partial charge in [-0.05, 0) is 35.9 Å². The standard InChI is InChI=1S/C17H12BrF4NO2S/c1-2-9-23(11-12-3-5-13(6-4-12)17(20,21)22)26(24,25)16-8-7-14(18)10-15(16)19/h1,3-8,10H,9,11H2. The van der Waals surface area contributed by atoms with E-state index in [-0.39, 0.29) is 18.7 Å². The van der Waals surface area contributed by atoms with Crippen LogP contribution in [0.5, 0.6) is 0 Å². The highest BCUT2D eigenvalue weighted by Gasteiger charge is 2.31. The van der Waals surface area contributed by atoms with Crippen molar-refractivity contribution in [3.63, 3.8) is 0 Å². The van der Waals surface area contributed by atoms with Crippen molar-refractivity contribution in [2.75, 3.05) is 6.54 Å². The maximum atomic E-state index is 14.1. The average molecular weight is 450 g/mol. The van der Waals surface area contributed by atoms with E-state index >= 15 is 0 Å². The Hall–Kier alpha value is -1.89. The highest BCUT2D eigenvalue weighted by Crippen LogP contribution is 2.30. The zero-order valence-corrected chi connectivity index (χ0v) is 15.5. The number of benzene rings is 2. The third-order valence-corrected chi connectivity index (χ3v) is 5.74. The summed E-state index contributed by atoms with van der Waals surface area (Å²) < 4.78 is 78.4. The van der Waals surface area contributed by atoms with Crippen molar-refractivity contribution in [1.29, 1.82) is 0 Å². The molecule has 0 aromatic heterocycles. The minimum Gasteiger partial charge on any atom is -0.207 e. The van der Waals surface area contributed by atoms with Crippen LogP contribution in [0.1, 0.15) is 11.1 Å². The number of sulfonamides is 1. The van der Waals surface area contributed by atoms with Gasteiger partial charge in [-0.2, -0.15) is 17.5 Å². The van der Waals surface area contributed by atoms with E-state index in [9.17, 15) is 26.0 Å². The zero-order chi connectivity index (χ0) is 19.5. The number of hydrogen-bond acceptors (Lipinski definition) is 2. The van der Waals surface area contributed by atoms with Crippen LogP contribution in [0.2, 0.25) is 0 Å². The van der Waals surface area contributed by atoms with Gasteiger partial charge in [-0.3, -0.25) is 0 Å². The first kappa shape index (κ1) is 20.4. The first-order valence-corrected chi connectivity index (χ1v) is 9.34. The lowest BCUT2D eigenvalue weighted by Crippen LogP contribution is -2.31. The summed E-state index contributed by atoms with van der Waals surface area (Å²) in [5.41, 5.74) is -0.569. The molecule has 2 aromatic carbocycles. The Bertz CT molecular complexity index is 935. The van der Waals surface area contributed by atoms with Gasteiger partial charge in [-0.15, -0.1) is 6.42 Å². The van der Waals surface area contributed by atoms with Crippen LogP contribution in [-0.2, 0) is 22.7 Å². The lowest BCUT2D eigenvalue weighted by Gasteiger charge is -2.20. The summed E-state index contributed by atoms with van der Waals surface area (Å²) in [6.07, 6.45) is 0.699. The molecule has 0 saturated heterocycles. The molecule has 0 aliphatic rings. The molecule has 0 atom stereocenters. The van der Waals surface area contributed by atoms with Crippen LogP contribution >= 0.6 is 15.9 Å². The van der Waals surface area contributed by atoms with Gasteiger partial charge >= 0.3 is 6.18 Å². The smallest absolute Gasteiger partial charge is 0.207 e. The van der Waals surface area contributed by atoms with Crippen molar-refractivity contribution in [3.8, 4) is 12.3 Å². The molecule has 0 N–H and O–H groups in total. The third-order valence-electron chi connectivity index (χ3n) is 3.42. The molecule has 0 radical (unpaired) electrons. The fraction of sp³-hybridized carbons (Fsp3) is 0.176. The van der Waals surface area contributed by atoms with E-state index in [2.05, 4.69) is 21.9 Å². The van der Waals surface area contributed by atoms with E-state index in [0.717, 1.165) is 40.7 Å². The fourth-order valence-electron chi connectivity index (χ4n) is 2.15. The second-order valence-corrected chi connectivity index (χ2v) is 8.07. The van der Waals surface area contributed by atoms with E-state index in [1.54, 1.807) is 0 Å². The van der Waals surface area contributed by atoms with Crippen molar-refractivity contribution in [2.45, 2.75) is 17.6 Å². The molecule has 9 heteroatoms. The van der Waals surface area contributed by atoms with E-state index < -0.39 is 32.5 Å². The molecular weight excluding hydrogens is 438 g/mol. The maximum Gasteiger partial charge on any atom is 0.416 e. The SMILES string of the molecule is C#CCN(Cc1ccc(C(F)(F)F)cc1)S(=O)(=O)c1ccc(Br)cc1F. The first-order valence-electron chi connectivity index (χ1n) is 7.10. The lowest BCUT2D eigenvalue weighted by atomic mass is 10.1. The van der Waals surface area contributed by atoms with Crippen molar-refractivity contribution in [1.82, 2.24) is 4.31 Å². The van der Waals surface area contributed by atoms with Crippen LogP contribution in [0.3, 0.4) is 0 Å².